The molecule has 3 aromatic rings. The molecule has 8 heteroatoms. The van der Waals surface area contributed by atoms with Crippen molar-refractivity contribution in [3.63, 3.8) is 0 Å². The van der Waals surface area contributed by atoms with Gasteiger partial charge < -0.3 is 9.84 Å². The predicted octanol–water partition coefficient (Wildman–Crippen LogP) is 5.55. The SMILES string of the molecule is O=C(O)CN(C(=O)OCC1c2ccccc2-c2ccccc21)c1cccc(C(F)(F)F)c1. The second-order valence-electron chi connectivity index (χ2n) is 7.33. The molecule has 0 saturated heterocycles. The summed E-state index contributed by atoms with van der Waals surface area (Å²) in [7, 11) is 0. The van der Waals surface area contributed by atoms with Gasteiger partial charge in [-0.2, -0.15) is 13.2 Å². The van der Waals surface area contributed by atoms with Gasteiger partial charge in [-0.25, -0.2) is 4.79 Å². The molecular formula is C24H18F3NO4. The lowest BCUT2D eigenvalue weighted by atomic mass is 9.98. The van der Waals surface area contributed by atoms with E-state index in [2.05, 4.69) is 0 Å². The molecule has 1 aliphatic rings. The van der Waals surface area contributed by atoms with Crippen molar-refractivity contribution in [3.05, 3.63) is 89.5 Å². The number of amides is 1. The highest BCUT2D eigenvalue weighted by atomic mass is 19.4. The molecule has 0 heterocycles. The average molecular weight is 441 g/mol. The Hall–Kier alpha value is -3.81. The Morgan fingerprint density at radius 2 is 1.50 bits per heavy atom. The number of carboxylic acid groups (broad SMARTS) is 1. The lowest BCUT2D eigenvalue weighted by Gasteiger charge is -2.23. The smallest absolute Gasteiger partial charge is 0.416 e. The number of ether oxygens (including phenoxy) is 1. The molecule has 0 radical (unpaired) electrons. The zero-order valence-electron chi connectivity index (χ0n) is 16.7. The molecule has 164 valence electrons. The van der Waals surface area contributed by atoms with Crippen LogP contribution in [0, 0.1) is 0 Å². The van der Waals surface area contributed by atoms with Gasteiger partial charge in [0.15, 0.2) is 0 Å². The minimum Gasteiger partial charge on any atom is -0.480 e. The molecule has 1 amide bonds. The second-order valence-corrected chi connectivity index (χ2v) is 7.33. The Balaban J connectivity index is 1.59. The summed E-state index contributed by atoms with van der Waals surface area (Å²) >= 11 is 0. The highest BCUT2D eigenvalue weighted by Crippen LogP contribution is 2.44. The van der Waals surface area contributed by atoms with E-state index in [1.807, 2.05) is 48.5 Å². The summed E-state index contributed by atoms with van der Waals surface area (Å²) in [5.41, 5.74) is 2.76. The van der Waals surface area contributed by atoms with E-state index in [-0.39, 0.29) is 18.2 Å². The van der Waals surface area contributed by atoms with Gasteiger partial charge in [0, 0.05) is 11.6 Å². The van der Waals surface area contributed by atoms with Crippen LogP contribution in [0.15, 0.2) is 72.8 Å². The average Bonchev–Trinajstić information content (AvgIpc) is 3.09. The Kier molecular flexibility index (Phi) is 5.61. The van der Waals surface area contributed by atoms with Crippen LogP contribution >= 0.6 is 0 Å². The van der Waals surface area contributed by atoms with E-state index < -0.39 is 30.3 Å². The van der Waals surface area contributed by atoms with E-state index >= 15 is 0 Å². The molecule has 0 aromatic heterocycles. The molecule has 0 saturated carbocycles. The Bertz CT molecular complexity index is 1130. The normalized spacial score (nSPS) is 12.7. The third kappa shape index (κ3) is 4.16. The third-order valence-electron chi connectivity index (χ3n) is 5.33. The summed E-state index contributed by atoms with van der Waals surface area (Å²) in [5.74, 6) is -1.64. The highest BCUT2D eigenvalue weighted by Gasteiger charge is 2.33. The van der Waals surface area contributed by atoms with Crippen LogP contribution in [0.25, 0.3) is 11.1 Å². The first kappa shape index (κ1) is 21.4. The first-order chi connectivity index (χ1) is 15.3. The number of carbonyl (C=O) groups excluding carboxylic acids is 1. The van der Waals surface area contributed by atoms with Crippen molar-refractivity contribution < 1.29 is 32.6 Å². The number of nitrogens with zero attached hydrogens (tertiary/aromatic N) is 1. The number of aliphatic carboxylic acids is 1. The fraction of sp³-hybridized carbons (Fsp3) is 0.167. The zero-order chi connectivity index (χ0) is 22.9. The van der Waals surface area contributed by atoms with Crippen molar-refractivity contribution in [3.8, 4) is 11.1 Å². The number of rotatable bonds is 5. The van der Waals surface area contributed by atoms with E-state index in [4.69, 9.17) is 4.74 Å². The van der Waals surface area contributed by atoms with E-state index in [1.165, 1.54) is 6.07 Å². The van der Waals surface area contributed by atoms with Gasteiger partial charge in [0.1, 0.15) is 13.2 Å². The first-order valence-electron chi connectivity index (χ1n) is 9.77. The Morgan fingerprint density at radius 3 is 2.06 bits per heavy atom. The molecule has 0 unspecified atom stereocenters. The highest BCUT2D eigenvalue weighted by molar-refractivity contribution is 5.93. The summed E-state index contributed by atoms with van der Waals surface area (Å²) in [5, 5.41) is 9.19. The van der Waals surface area contributed by atoms with Crippen molar-refractivity contribution in [2.45, 2.75) is 12.1 Å². The van der Waals surface area contributed by atoms with Crippen molar-refractivity contribution in [1.82, 2.24) is 0 Å². The predicted molar refractivity (Wildman–Crippen MR) is 111 cm³/mol. The van der Waals surface area contributed by atoms with Crippen LogP contribution in [-0.2, 0) is 15.7 Å². The molecule has 0 fully saturated rings. The number of anilines is 1. The monoisotopic (exact) mass is 441 g/mol. The molecule has 0 aliphatic heterocycles. The molecule has 0 spiro atoms. The molecule has 3 aromatic carbocycles. The number of alkyl halides is 3. The van der Waals surface area contributed by atoms with Gasteiger partial charge in [0.05, 0.1) is 5.56 Å². The van der Waals surface area contributed by atoms with Gasteiger partial charge in [0.25, 0.3) is 0 Å². The molecule has 1 aliphatic carbocycles. The maximum Gasteiger partial charge on any atom is 0.416 e. The van der Waals surface area contributed by atoms with E-state index in [1.54, 1.807) is 0 Å². The number of carbonyl (C=O) groups is 2. The van der Waals surface area contributed by atoms with Crippen LogP contribution in [-0.4, -0.2) is 30.3 Å². The lowest BCUT2D eigenvalue weighted by molar-refractivity contribution is -0.137. The lowest BCUT2D eigenvalue weighted by Crippen LogP contribution is -2.37. The number of halogens is 3. The summed E-state index contributed by atoms with van der Waals surface area (Å²) < 4.78 is 44.7. The van der Waals surface area contributed by atoms with Crippen LogP contribution in [0.3, 0.4) is 0 Å². The molecule has 0 atom stereocenters. The van der Waals surface area contributed by atoms with Crippen LogP contribution in [0.1, 0.15) is 22.6 Å². The van der Waals surface area contributed by atoms with E-state index in [0.717, 1.165) is 40.5 Å². The van der Waals surface area contributed by atoms with E-state index in [9.17, 15) is 27.9 Å². The number of benzene rings is 3. The van der Waals surface area contributed by atoms with Crippen molar-refractivity contribution in [2.75, 3.05) is 18.1 Å². The number of hydrogen-bond donors (Lipinski definition) is 1. The third-order valence-corrected chi connectivity index (χ3v) is 5.33. The van der Waals surface area contributed by atoms with Crippen LogP contribution in [0.4, 0.5) is 23.7 Å². The number of fused-ring (bicyclic) bond motifs is 3. The molecule has 32 heavy (non-hydrogen) atoms. The van der Waals surface area contributed by atoms with Gasteiger partial charge >= 0.3 is 18.2 Å². The fourth-order valence-corrected chi connectivity index (χ4v) is 3.92. The van der Waals surface area contributed by atoms with Crippen LogP contribution in [0.5, 0.6) is 0 Å². The Labute approximate surface area is 181 Å². The topological polar surface area (TPSA) is 66.8 Å². The number of carboxylic acids is 1. The first-order valence-corrected chi connectivity index (χ1v) is 9.77. The largest absolute Gasteiger partial charge is 0.480 e. The summed E-state index contributed by atoms with van der Waals surface area (Å²) in [4.78, 5) is 24.8. The van der Waals surface area contributed by atoms with Gasteiger partial charge in [-0.15, -0.1) is 0 Å². The van der Waals surface area contributed by atoms with Crippen molar-refractivity contribution >= 4 is 17.7 Å². The second kappa shape index (κ2) is 8.37. The summed E-state index contributed by atoms with van der Waals surface area (Å²) in [6.07, 6.45) is -5.67. The standard InChI is InChI=1S/C24H18F3NO4/c25-24(26,27)15-6-5-7-16(12-15)28(13-22(29)30)23(31)32-14-21-19-10-3-1-8-17(19)18-9-2-4-11-20(18)21/h1-12,21H,13-14H2,(H,29,30). The van der Waals surface area contributed by atoms with Crippen LogP contribution in [0.2, 0.25) is 0 Å². The van der Waals surface area contributed by atoms with Gasteiger partial charge in [0.2, 0.25) is 0 Å². The van der Waals surface area contributed by atoms with Gasteiger partial charge in [-0.05, 0) is 40.5 Å². The maximum absolute atomic E-state index is 13.1. The quantitative estimate of drug-likeness (QED) is 0.564. The van der Waals surface area contributed by atoms with Crippen molar-refractivity contribution in [2.24, 2.45) is 0 Å². The van der Waals surface area contributed by atoms with Gasteiger partial charge in [-0.3, -0.25) is 9.69 Å². The fourth-order valence-electron chi connectivity index (χ4n) is 3.92. The van der Waals surface area contributed by atoms with Gasteiger partial charge in [-0.1, -0.05) is 54.6 Å². The van der Waals surface area contributed by atoms with Crippen LogP contribution < -0.4 is 4.90 Å². The zero-order valence-corrected chi connectivity index (χ0v) is 16.7. The summed E-state index contributed by atoms with van der Waals surface area (Å²) in [6.45, 7) is -0.917. The number of hydrogen-bond acceptors (Lipinski definition) is 3. The Morgan fingerprint density at radius 1 is 0.906 bits per heavy atom. The molecule has 0 bridgehead atoms. The minimum absolute atomic E-state index is 0.0814. The molecule has 5 nitrogen and oxygen atoms in total. The van der Waals surface area contributed by atoms with E-state index in [0.29, 0.717) is 4.90 Å². The molecule has 1 N–H and O–H groups in total. The van der Waals surface area contributed by atoms with Crippen molar-refractivity contribution in [1.29, 1.82) is 0 Å². The maximum atomic E-state index is 13.1. The minimum atomic E-state index is -4.63. The molecule has 4 rings (SSSR count). The summed E-state index contributed by atoms with van der Waals surface area (Å²) in [6, 6.07) is 19.3. The molecular weight excluding hydrogens is 423 g/mol.